The van der Waals surface area contributed by atoms with Crippen LogP contribution in [-0.4, -0.2) is 87.4 Å². The smallest absolute Gasteiger partial charge is 0.410 e. The lowest BCUT2D eigenvalue weighted by Crippen LogP contribution is -2.67. The molecule has 9 nitrogen and oxygen atoms in total. The number of nitrogens with zero attached hydrogens (tertiary/aromatic N) is 3. The van der Waals surface area contributed by atoms with E-state index in [1.165, 1.54) is 13.2 Å². The zero-order valence-electron chi connectivity index (χ0n) is 24.2. The molecule has 0 radical (unpaired) electrons. The third-order valence-corrected chi connectivity index (χ3v) is 8.93. The number of β-lactam (4-membered cyclic amide) rings is 1. The van der Waals surface area contributed by atoms with Crippen LogP contribution >= 0.6 is 0 Å². The highest BCUT2D eigenvalue weighted by Crippen LogP contribution is 2.45. The summed E-state index contributed by atoms with van der Waals surface area (Å²) in [6.45, 7) is 7.64. The molecular weight excluding hydrogens is 527 g/mol. The summed E-state index contributed by atoms with van der Waals surface area (Å²) in [5.41, 5.74) is 1.09. The van der Waals surface area contributed by atoms with Crippen LogP contribution in [0.1, 0.15) is 43.4 Å². The first-order chi connectivity index (χ1) is 19.9. The monoisotopic (exact) mass is 568 g/mol. The summed E-state index contributed by atoms with van der Waals surface area (Å²) in [4.78, 5) is 31.1. The van der Waals surface area contributed by atoms with Crippen LogP contribution in [0, 0.1) is 11.7 Å². The molecule has 2 aromatic carbocycles. The minimum atomic E-state index is -1.01. The van der Waals surface area contributed by atoms with Gasteiger partial charge in [0.1, 0.15) is 18.2 Å². The van der Waals surface area contributed by atoms with Gasteiger partial charge >= 0.3 is 6.09 Å². The molecule has 0 saturated carbocycles. The molecule has 222 valence electrons. The number of carbonyl (C=O) groups excluding carboxylic acids is 2. The molecule has 10 heteroatoms. The van der Waals surface area contributed by atoms with Crippen molar-refractivity contribution in [2.45, 2.75) is 44.4 Å². The van der Waals surface area contributed by atoms with E-state index in [1.807, 2.05) is 37.3 Å². The molecule has 2 amide bonds. The molecule has 3 heterocycles. The Bertz CT molecular complexity index is 1210. The van der Waals surface area contributed by atoms with E-state index >= 15 is 4.39 Å². The third-order valence-electron chi connectivity index (χ3n) is 8.93. The molecule has 41 heavy (non-hydrogen) atoms. The normalized spacial score (nSPS) is 23.6. The van der Waals surface area contributed by atoms with Gasteiger partial charge in [0.05, 0.1) is 18.8 Å². The molecule has 3 saturated heterocycles. The average molecular weight is 569 g/mol. The molecule has 0 bridgehead atoms. The van der Waals surface area contributed by atoms with E-state index < -0.39 is 11.6 Å². The number of amides is 2. The van der Waals surface area contributed by atoms with E-state index in [9.17, 15) is 9.59 Å². The number of methoxy groups -OCH3 is 2. The highest BCUT2D eigenvalue weighted by atomic mass is 19.1. The summed E-state index contributed by atoms with van der Waals surface area (Å²) in [6, 6.07) is 12.5. The molecule has 1 N–H and O–H groups in total. The van der Waals surface area contributed by atoms with E-state index in [1.54, 1.807) is 18.1 Å². The van der Waals surface area contributed by atoms with Crippen LogP contribution in [0.3, 0.4) is 0 Å². The molecule has 2 atom stereocenters. The zero-order chi connectivity index (χ0) is 29.0. The maximum Gasteiger partial charge on any atom is 0.410 e. The van der Waals surface area contributed by atoms with Crippen LogP contribution in [0.4, 0.5) is 14.9 Å². The van der Waals surface area contributed by atoms with E-state index in [-0.39, 0.29) is 24.4 Å². The van der Waals surface area contributed by atoms with Gasteiger partial charge in [-0.25, -0.2) is 9.18 Å². The fourth-order valence-electron chi connectivity index (χ4n) is 6.32. The lowest BCUT2D eigenvalue weighted by molar-refractivity contribution is -0.168. The number of piperazine rings is 1. The highest BCUT2D eigenvalue weighted by Gasteiger charge is 2.56. The predicted octanol–water partition coefficient (Wildman–Crippen LogP) is 3.97. The second kappa shape index (κ2) is 12.7. The maximum atomic E-state index is 15.5. The van der Waals surface area contributed by atoms with Crippen LogP contribution in [0.2, 0.25) is 0 Å². The van der Waals surface area contributed by atoms with Gasteiger partial charge in [0.25, 0.3) is 5.91 Å². The van der Waals surface area contributed by atoms with Crippen molar-refractivity contribution >= 4 is 17.7 Å². The number of nitrogens with one attached hydrogen (secondary N) is 1. The van der Waals surface area contributed by atoms with Crippen molar-refractivity contribution in [1.29, 1.82) is 0 Å². The van der Waals surface area contributed by atoms with Gasteiger partial charge in [-0.2, -0.15) is 0 Å². The fraction of sp³-hybridized carbons (Fsp3) is 0.548. The first-order valence-electron chi connectivity index (χ1n) is 14.5. The lowest BCUT2D eigenvalue weighted by Gasteiger charge is -2.47. The van der Waals surface area contributed by atoms with Crippen molar-refractivity contribution < 1.29 is 28.2 Å². The van der Waals surface area contributed by atoms with Gasteiger partial charge in [-0.05, 0) is 36.8 Å². The van der Waals surface area contributed by atoms with Gasteiger partial charge in [-0.1, -0.05) is 37.3 Å². The highest BCUT2D eigenvalue weighted by molar-refractivity contribution is 5.93. The molecule has 0 aliphatic carbocycles. The number of halogens is 1. The number of piperidine rings is 1. The first-order valence-corrected chi connectivity index (χ1v) is 14.5. The van der Waals surface area contributed by atoms with E-state index in [2.05, 4.69) is 15.1 Å². The molecule has 2 aromatic rings. The van der Waals surface area contributed by atoms with Crippen LogP contribution in [-0.2, 0) is 20.9 Å². The summed E-state index contributed by atoms with van der Waals surface area (Å²) in [7, 11) is 3.08. The number of carbonyl (C=O) groups is 2. The topological polar surface area (TPSA) is 83.6 Å². The second-order valence-electron chi connectivity index (χ2n) is 11.2. The second-order valence-corrected chi connectivity index (χ2v) is 11.2. The van der Waals surface area contributed by atoms with Gasteiger partial charge in [-0.15, -0.1) is 0 Å². The fourth-order valence-corrected chi connectivity index (χ4v) is 6.32. The minimum Gasteiger partial charge on any atom is -0.496 e. The number of anilines is 1. The van der Waals surface area contributed by atoms with Gasteiger partial charge < -0.3 is 29.3 Å². The molecular formula is C31H41FN4O5. The number of hydrogen-bond donors (Lipinski definition) is 1. The van der Waals surface area contributed by atoms with Gasteiger partial charge in [0.2, 0.25) is 0 Å². The van der Waals surface area contributed by atoms with Crippen molar-refractivity contribution in [3.63, 3.8) is 0 Å². The quantitative estimate of drug-likeness (QED) is 0.459. The minimum absolute atomic E-state index is 0.189. The van der Waals surface area contributed by atoms with E-state index in [0.717, 1.165) is 51.1 Å². The number of benzene rings is 2. The molecule has 3 aliphatic rings. The largest absolute Gasteiger partial charge is 0.496 e. The molecule has 3 aliphatic heterocycles. The molecule has 5 rings (SSSR count). The van der Waals surface area contributed by atoms with Crippen molar-refractivity contribution in [1.82, 2.24) is 15.1 Å². The SMILES string of the molecule is CC[C@]1(OC)C(=O)N[C@H]1c1cc(F)c(N2CCC(CN3CCN(C(=O)OCc4ccccc4)CC3)CC2)cc1OC. The van der Waals surface area contributed by atoms with Crippen molar-refractivity contribution in [2.75, 3.05) is 64.9 Å². The van der Waals surface area contributed by atoms with E-state index in [0.29, 0.717) is 42.4 Å². The number of ether oxygens (including phenoxy) is 3. The van der Waals surface area contributed by atoms with Gasteiger partial charge in [0.15, 0.2) is 5.60 Å². The Morgan fingerprint density at radius 2 is 1.76 bits per heavy atom. The van der Waals surface area contributed by atoms with Crippen LogP contribution in [0.15, 0.2) is 42.5 Å². The average Bonchev–Trinajstić information content (AvgIpc) is 3.00. The molecule has 3 fully saturated rings. The summed E-state index contributed by atoms with van der Waals surface area (Å²) in [5, 5.41) is 2.86. The van der Waals surface area contributed by atoms with Crippen LogP contribution in [0.25, 0.3) is 0 Å². The Labute approximate surface area is 241 Å². The molecule has 0 spiro atoms. The Kier molecular flexibility index (Phi) is 8.99. The lowest BCUT2D eigenvalue weighted by atomic mass is 9.78. The van der Waals surface area contributed by atoms with Crippen LogP contribution in [0.5, 0.6) is 5.75 Å². The Morgan fingerprint density at radius 1 is 1.05 bits per heavy atom. The van der Waals surface area contributed by atoms with E-state index in [4.69, 9.17) is 14.2 Å². The van der Waals surface area contributed by atoms with Crippen molar-refractivity contribution in [2.24, 2.45) is 5.92 Å². The summed E-state index contributed by atoms with van der Waals surface area (Å²) in [6.07, 6.45) is 2.15. The van der Waals surface area contributed by atoms with Crippen molar-refractivity contribution in [3.05, 3.63) is 59.4 Å². The predicted molar refractivity (Wildman–Crippen MR) is 153 cm³/mol. The standard InChI is InChI=1S/C31H41FN4O5/c1-4-31(40-3)28(33-29(31)37)24-18-25(32)26(19-27(24)39-2)35-12-10-22(11-13-35)20-34-14-16-36(17-15-34)30(38)41-21-23-8-6-5-7-9-23/h5-9,18-19,22,28H,4,10-17,20-21H2,1-3H3,(H,33,37)/t28-,31+/m0/s1. The van der Waals surface area contributed by atoms with Crippen molar-refractivity contribution in [3.8, 4) is 5.75 Å². The first kappa shape index (κ1) is 29.1. The summed E-state index contributed by atoms with van der Waals surface area (Å²) in [5.74, 6) is 0.551. The summed E-state index contributed by atoms with van der Waals surface area (Å²) < 4.78 is 32.2. The number of hydrogen-bond acceptors (Lipinski definition) is 7. The Hall–Kier alpha value is -3.37. The zero-order valence-corrected chi connectivity index (χ0v) is 24.2. The van der Waals surface area contributed by atoms with Gasteiger partial charge in [0, 0.05) is 64.6 Å². The third kappa shape index (κ3) is 5.99. The summed E-state index contributed by atoms with van der Waals surface area (Å²) >= 11 is 0. The van der Waals surface area contributed by atoms with Crippen LogP contribution < -0.4 is 15.0 Å². The number of rotatable bonds is 9. The Balaban J connectivity index is 1.11. The Morgan fingerprint density at radius 3 is 2.37 bits per heavy atom. The molecule has 0 unspecified atom stereocenters. The molecule has 0 aromatic heterocycles. The maximum absolute atomic E-state index is 15.5. The van der Waals surface area contributed by atoms with Gasteiger partial charge in [-0.3, -0.25) is 9.69 Å².